The van der Waals surface area contributed by atoms with E-state index in [1.54, 1.807) is 0 Å². The van der Waals surface area contributed by atoms with Crippen LogP contribution >= 0.6 is 0 Å². The lowest BCUT2D eigenvalue weighted by molar-refractivity contribution is 0.972. The van der Waals surface area contributed by atoms with Crippen molar-refractivity contribution in [2.24, 2.45) is 0 Å². The summed E-state index contributed by atoms with van der Waals surface area (Å²) in [6.07, 6.45) is 4.35. The van der Waals surface area contributed by atoms with Crippen molar-refractivity contribution in [3.63, 3.8) is 0 Å². The van der Waals surface area contributed by atoms with Crippen molar-refractivity contribution < 1.29 is 0 Å². The summed E-state index contributed by atoms with van der Waals surface area (Å²) in [5.41, 5.74) is 7.24. The molecule has 7 heavy (non-hydrogen) atoms. The predicted molar refractivity (Wildman–Crippen MR) is 30.0 cm³/mol. The van der Waals surface area contributed by atoms with Crippen LogP contribution in [0.3, 0.4) is 0 Å². The van der Waals surface area contributed by atoms with Crippen LogP contribution in [0, 0.1) is 0 Å². The van der Waals surface area contributed by atoms with Crippen LogP contribution < -0.4 is 0 Å². The first-order valence-electron chi connectivity index (χ1n) is 2.55. The van der Waals surface area contributed by atoms with Gasteiger partial charge in [-0.3, -0.25) is 0 Å². The third-order valence-corrected chi connectivity index (χ3v) is 1.05. The SMILES string of the molecule is CC1=C=C=CCC1. The van der Waals surface area contributed by atoms with E-state index >= 15 is 0 Å². The Balaban J connectivity index is 2.95. The summed E-state index contributed by atoms with van der Waals surface area (Å²) >= 11 is 0. The summed E-state index contributed by atoms with van der Waals surface area (Å²) in [5.74, 6) is 0. The second-order valence-corrected chi connectivity index (χ2v) is 1.79. The second kappa shape index (κ2) is 1.84. The van der Waals surface area contributed by atoms with Crippen molar-refractivity contribution in [3.8, 4) is 0 Å². The summed E-state index contributed by atoms with van der Waals surface area (Å²) in [5, 5.41) is 0. The average Bonchev–Trinajstić information content (AvgIpc) is 1.69. The standard InChI is InChI=1S/C7H8/c1-7-5-3-2-4-6-7/h2H,3,5H2,1H3. The molecule has 0 saturated carbocycles. The van der Waals surface area contributed by atoms with Crippen molar-refractivity contribution in [2.45, 2.75) is 19.8 Å². The van der Waals surface area contributed by atoms with Crippen LogP contribution in [-0.4, -0.2) is 0 Å². The van der Waals surface area contributed by atoms with E-state index in [1.165, 1.54) is 12.0 Å². The first-order valence-corrected chi connectivity index (χ1v) is 2.55. The molecule has 0 amide bonds. The van der Waals surface area contributed by atoms with Gasteiger partial charge in [-0.1, -0.05) is 11.5 Å². The fourth-order valence-electron chi connectivity index (χ4n) is 0.598. The van der Waals surface area contributed by atoms with Crippen molar-refractivity contribution in [3.05, 3.63) is 23.1 Å². The lowest BCUT2D eigenvalue weighted by Gasteiger charge is -1.91. The molecule has 0 heterocycles. The van der Waals surface area contributed by atoms with Gasteiger partial charge in [0.2, 0.25) is 0 Å². The minimum Gasteiger partial charge on any atom is -0.0747 e. The highest BCUT2D eigenvalue weighted by Crippen LogP contribution is 2.04. The molecule has 0 atom stereocenters. The maximum atomic E-state index is 2.99. The Morgan fingerprint density at radius 1 is 1.71 bits per heavy atom. The average molecular weight is 92.1 g/mol. The van der Waals surface area contributed by atoms with Gasteiger partial charge < -0.3 is 0 Å². The number of hydrogen-bond donors (Lipinski definition) is 0. The van der Waals surface area contributed by atoms with Gasteiger partial charge in [0.05, 0.1) is 0 Å². The minimum atomic E-state index is 1.15. The van der Waals surface area contributed by atoms with Crippen LogP contribution in [0.25, 0.3) is 0 Å². The van der Waals surface area contributed by atoms with E-state index in [-0.39, 0.29) is 0 Å². The molecule has 0 aliphatic heterocycles. The number of hydrogen-bond acceptors (Lipinski definition) is 0. The molecular weight excluding hydrogens is 84.1 g/mol. The van der Waals surface area contributed by atoms with Gasteiger partial charge in [-0.05, 0) is 31.4 Å². The highest BCUT2D eigenvalue weighted by molar-refractivity contribution is 5.03. The topological polar surface area (TPSA) is 0 Å². The molecule has 0 aromatic heterocycles. The number of rotatable bonds is 0. The maximum absolute atomic E-state index is 2.99. The fraction of sp³-hybridized carbons (Fsp3) is 0.429. The third-order valence-electron chi connectivity index (χ3n) is 1.05. The highest BCUT2D eigenvalue weighted by Gasteiger charge is 1.86. The van der Waals surface area contributed by atoms with Crippen LogP contribution in [0.2, 0.25) is 0 Å². The molecule has 0 fully saturated rings. The van der Waals surface area contributed by atoms with Crippen LogP contribution in [0.5, 0.6) is 0 Å². The van der Waals surface area contributed by atoms with Crippen LogP contribution in [0.4, 0.5) is 0 Å². The smallest absolute Gasteiger partial charge is 0.0199 e. The van der Waals surface area contributed by atoms with E-state index in [0.29, 0.717) is 0 Å². The van der Waals surface area contributed by atoms with Gasteiger partial charge in [0.1, 0.15) is 0 Å². The zero-order valence-electron chi connectivity index (χ0n) is 4.49. The third kappa shape index (κ3) is 1.08. The molecule has 1 aliphatic rings. The summed E-state index contributed by atoms with van der Waals surface area (Å²) in [4.78, 5) is 0. The molecule has 0 unspecified atom stereocenters. The molecule has 0 radical (unpaired) electrons. The molecular formula is C7H8. The zero-order valence-corrected chi connectivity index (χ0v) is 4.49. The summed E-state index contributed by atoms with van der Waals surface area (Å²) < 4.78 is 0. The summed E-state index contributed by atoms with van der Waals surface area (Å²) in [7, 11) is 0. The molecule has 0 N–H and O–H groups in total. The van der Waals surface area contributed by atoms with E-state index in [1.807, 2.05) is 6.08 Å². The van der Waals surface area contributed by atoms with E-state index in [9.17, 15) is 0 Å². The Kier molecular flexibility index (Phi) is 1.17. The molecule has 0 aromatic rings. The first kappa shape index (κ1) is 4.46. The van der Waals surface area contributed by atoms with E-state index in [2.05, 4.69) is 18.4 Å². The van der Waals surface area contributed by atoms with Crippen molar-refractivity contribution >= 4 is 0 Å². The van der Waals surface area contributed by atoms with Gasteiger partial charge in [-0.25, -0.2) is 0 Å². The van der Waals surface area contributed by atoms with Gasteiger partial charge in [0.25, 0.3) is 0 Å². The minimum absolute atomic E-state index is 1.15. The Hall–Kier alpha value is -0.700. The Morgan fingerprint density at radius 3 is 2.86 bits per heavy atom. The van der Waals surface area contributed by atoms with Gasteiger partial charge >= 0.3 is 0 Å². The molecule has 1 aliphatic carbocycles. The second-order valence-electron chi connectivity index (χ2n) is 1.79. The van der Waals surface area contributed by atoms with E-state index in [4.69, 9.17) is 0 Å². The molecule has 0 saturated heterocycles. The molecule has 0 nitrogen and oxygen atoms in total. The van der Waals surface area contributed by atoms with Gasteiger partial charge in [-0.15, -0.1) is 0 Å². The first-order chi connectivity index (χ1) is 3.39. The van der Waals surface area contributed by atoms with Crippen molar-refractivity contribution in [2.75, 3.05) is 0 Å². The predicted octanol–water partition coefficient (Wildman–Crippen LogP) is 2.04. The monoisotopic (exact) mass is 92.1 g/mol. The normalized spacial score (nSPS) is 17.0. The van der Waals surface area contributed by atoms with Gasteiger partial charge in [0.15, 0.2) is 0 Å². The molecule has 0 spiro atoms. The van der Waals surface area contributed by atoms with E-state index in [0.717, 1.165) is 6.42 Å². The number of allylic oxidation sites excluding steroid dienone is 2. The summed E-state index contributed by atoms with van der Waals surface area (Å²) in [6, 6.07) is 0. The van der Waals surface area contributed by atoms with Crippen LogP contribution in [-0.2, 0) is 0 Å². The lowest BCUT2D eigenvalue weighted by atomic mass is 10.1. The molecule has 0 bridgehead atoms. The van der Waals surface area contributed by atoms with Crippen molar-refractivity contribution in [1.82, 2.24) is 0 Å². The molecule has 36 valence electrons. The Morgan fingerprint density at radius 2 is 2.57 bits per heavy atom. The Bertz CT molecular complexity index is 151. The highest BCUT2D eigenvalue weighted by atomic mass is 13.9. The summed E-state index contributed by atoms with van der Waals surface area (Å²) in [6.45, 7) is 2.08. The van der Waals surface area contributed by atoms with Crippen molar-refractivity contribution in [1.29, 1.82) is 0 Å². The molecule has 0 aromatic carbocycles. The quantitative estimate of drug-likeness (QED) is 0.401. The lowest BCUT2D eigenvalue weighted by Crippen LogP contribution is -1.73. The Labute approximate surface area is 43.9 Å². The van der Waals surface area contributed by atoms with Gasteiger partial charge in [-0.2, -0.15) is 0 Å². The largest absolute Gasteiger partial charge is 0.0747 e. The fourth-order valence-corrected chi connectivity index (χ4v) is 0.598. The van der Waals surface area contributed by atoms with Crippen LogP contribution in [0.15, 0.2) is 23.1 Å². The molecule has 1 rings (SSSR count). The molecule has 0 heteroatoms. The van der Waals surface area contributed by atoms with E-state index < -0.39 is 0 Å². The van der Waals surface area contributed by atoms with Gasteiger partial charge in [0, 0.05) is 0 Å². The van der Waals surface area contributed by atoms with Crippen LogP contribution in [0.1, 0.15) is 19.8 Å². The maximum Gasteiger partial charge on any atom is -0.0199 e. The zero-order chi connectivity index (χ0) is 5.11.